The lowest BCUT2D eigenvalue weighted by molar-refractivity contribution is 0.0771. The molecule has 1 amide bonds. The van der Waals surface area contributed by atoms with Crippen LogP contribution in [0.3, 0.4) is 0 Å². The predicted octanol–water partition coefficient (Wildman–Crippen LogP) is 1.94. The number of hydrogen-bond donors (Lipinski definition) is 0. The molecule has 0 saturated heterocycles. The molecule has 4 heteroatoms. The van der Waals surface area contributed by atoms with Crippen LogP contribution >= 0.6 is 11.3 Å². The standard InChI is InChI=1S/C11H14N2OS/c1-4-6-13(7-5-2)11(14)10-8-15-9(3)12-10/h1,8H,5-7H2,2-3H3. The van der Waals surface area contributed by atoms with Crippen LogP contribution in [-0.4, -0.2) is 28.9 Å². The minimum Gasteiger partial charge on any atom is -0.326 e. The van der Waals surface area contributed by atoms with Gasteiger partial charge in [-0.15, -0.1) is 17.8 Å². The van der Waals surface area contributed by atoms with E-state index in [-0.39, 0.29) is 5.91 Å². The van der Waals surface area contributed by atoms with Gasteiger partial charge < -0.3 is 4.90 Å². The maximum Gasteiger partial charge on any atom is 0.274 e. The summed E-state index contributed by atoms with van der Waals surface area (Å²) in [5.41, 5.74) is 0.501. The van der Waals surface area contributed by atoms with Crippen molar-refractivity contribution in [2.75, 3.05) is 13.1 Å². The molecule has 1 rings (SSSR count). The zero-order valence-electron chi connectivity index (χ0n) is 8.99. The number of terminal acetylenes is 1. The van der Waals surface area contributed by atoms with E-state index in [1.54, 1.807) is 10.3 Å². The van der Waals surface area contributed by atoms with Crippen molar-refractivity contribution < 1.29 is 4.79 Å². The Kier molecular flexibility index (Phi) is 4.32. The number of nitrogens with zero attached hydrogens (tertiary/aromatic N) is 2. The van der Waals surface area contributed by atoms with E-state index in [2.05, 4.69) is 10.9 Å². The number of amides is 1. The molecular formula is C11H14N2OS. The second-order valence-electron chi connectivity index (χ2n) is 3.18. The molecule has 0 aliphatic rings. The molecular weight excluding hydrogens is 208 g/mol. The summed E-state index contributed by atoms with van der Waals surface area (Å²) in [7, 11) is 0. The summed E-state index contributed by atoms with van der Waals surface area (Å²) >= 11 is 1.48. The highest BCUT2D eigenvalue weighted by Crippen LogP contribution is 2.10. The first-order valence-electron chi connectivity index (χ1n) is 4.84. The summed E-state index contributed by atoms with van der Waals surface area (Å²) in [5, 5.41) is 2.67. The van der Waals surface area contributed by atoms with Crippen molar-refractivity contribution in [2.24, 2.45) is 0 Å². The molecule has 1 aromatic heterocycles. The molecule has 1 heterocycles. The van der Waals surface area contributed by atoms with E-state index < -0.39 is 0 Å². The summed E-state index contributed by atoms with van der Waals surface area (Å²) in [4.78, 5) is 17.7. The molecule has 0 aliphatic heterocycles. The van der Waals surface area contributed by atoms with Crippen molar-refractivity contribution >= 4 is 17.2 Å². The van der Waals surface area contributed by atoms with Gasteiger partial charge in [-0.2, -0.15) is 0 Å². The second kappa shape index (κ2) is 5.52. The molecule has 3 nitrogen and oxygen atoms in total. The average Bonchev–Trinajstić information content (AvgIpc) is 2.63. The Morgan fingerprint density at radius 1 is 1.73 bits per heavy atom. The van der Waals surface area contributed by atoms with E-state index in [9.17, 15) is 4.79 Å². The van der Waals surface area contributed by atoms with Crippen LogP contribution in [0.4, 0.5) is 0 Å². The summed E-state index contributed by atoms with van der Waals surface area (Å²) < 4.78 is 0. The Hall–Kier alpha value is -1.34. The highest BCUT2D eigenvalue weighted by atomic mass is 32.1. The van der Waals surface area contributed by atoms with Gasteiger partial charge in [0.2, 0.25) is 0 Å². The highest BCUT2D eigenvalue weighted by Gasteiger charge is 2.16. The zero-order chi connectivity index (χ0) is 11.3. The Labute approximate surface area is 94.1 Å². The van der Waals surface area contributed by atoms with Gasteiger partial charge in [-0.1, -0.05) is 12.8 Å². The molecule has 0 N–H and O–H groups in total. The normalized spacial score (nSPS) is 9.67. The minimum atomic E-state index is -0.0702. The molecule has 0 spiro atoms. The third kappa shape index (κ3) is 3.07. The van der Waals surface area contributed by atoms with Crippen LogP contribution in [0.2, 0.25) is 0 Å². The highest BCUT2D eigenvalue weighted by molar-refractivity contribution is 7.09. The average molecular weight is 222 g/mol. The third-order valence-corrected chi connectivity index (χ3v) is 2.67. The minimum absolute atomic E-state index is 0.0702. The van der Waals surface area contributed by atoms with E-state index in [0.29, 0.717) is 18.8 Å². The van der Waals surface area contributed by atoms with E-state index in [1.807, 2.05) is 13.8 Å². The van der Waals surface area contributed by atoms with E-state index >= 15 is 0 Å². The molecule has 15 heavy (non-hydrogen) atoms. The van der Waals surface area contributed by atoms with Crippen LogP contribution in [0, 0.1) is 19.3 Å². The van der Waals surface area contributed by atoms with Gasteiger partial charge in [0, 0.05) is 11.9 Å². The lowest BCUT2D eigenvalue weighted by Crippen LogP contribution is -2.32. The first kappa shape index (κ1) is 11.7. The SMILES string of the molecule is C#CCN(CCC)C(=O)c1csc(C)n1. The number of carbonyl (C=O) groups is 1. The van der Waals surface area contributed by atoms with Gasteiger partial charge in [0.15, 0.2) is 0 Å². The van der Waals surface area contributed by atoms with Crippen molar-refractivity contribution in [2.45, 2.75) is 20.3 Å². The summed E-state index contributed by atoms with van der Waals surface area (Å²) in [5.74, 6) is 2.42. The molecule has 0 fully saturated rings. The molecule has 80 valence electrons. The fourth-order valence-electron chi connectivity index (χ4n) is 1.26. The van der Waals surface area contributed by atoms with Crippen LogP contribution in [0.1, 0.15) is 28.8 Å². The van der Waals surface area contributed by atoms with Crippen molar-refractivity contribution in [3.8, 4) is 12.3 Å². The Balaban J connectivity index is 2.76. The number of hydrogen-bond acceptors (Lipinski definition) is 3. The smallest absolute Gasteiger partial charge is 0.274 e. The van der Waals surface area contributed by atoms with Gasteiger partial charge in [0.1, 0.15) is 5.69 Å². The summed E-state index contributed by atoms with van der Waals surface area (Å²) in [6.07, 6.45) is 6.12. The molecule has 1 aromatic rings. The van der Waals surface area contributed by atoms with Crippen LogP contribution in [0.25, 0.3) is 0 Å². The number of aromatic nitrogens is 1. The van der Waals surface area contributed by atoms with Crippen molar-refractivity contribution in [3.05, 3.63) is 16.1 Å². The Morgan fingerprint density at radius 3 is 2.93 bits per heavy atom. The molecule has 0 bridgehead atoms. The largest absolute Gasteiger partial charge is 0.326 e. The van der Waals surface area contributed by atoms with Gasteiger partial charge in [0.25, 0.3) is 5.91 Å². The lowest BCUT2D eigenvalue weighted by atomic mass is 10.3. The first-order valence-corrected chi connectivity index (χ1v) is 5.71. The van der Waals surface area contributed by atoms with Gasteiger partial charge in [0.05, 0.1) is 11.6 Å². The lowest BCUT2D eigenvalue weighted by Gasteiger charge is -2.17. The number of carbonyl (C=O) groups excluding carboxylic acids is 1. The van der Waals surface area contributed by atoms with Gasteiger partial charge >= 0.3 is 0 Å². The maximum atomic E-state index is 11.9. The van der Waals surface area contributed by atoms with E-state index in [1.165, 1.54) is 11.3 Å². The molecule has 0 saturated carbocycles. The molecule has 0 radical (unpaired) electrons. The summed E-state index contributed by atoms with van der Waals surface area (Å²) in [6.45, 7) is 4.93. The van der Waals surface area contributed by atoms with Crippen molar-refractivity contribution in [1.82, 2.24) is 9.88 Å². The maximum absolute atomic E-state index is 11.9. The van der Waals surface area contributed by atoms with E-state index in [0.717, 1.165) is 11.4 Å². The van der Waals surface area contributed by atoms with Crippen LogP contribution in [0.5, 0.6) is 0 Å². The van der Waals surface area contributed by atoms with Crippen LogP contribution < -0.4 is 0 Å². The topological polar surface area (TPSA) is 33.2 Å². The number of thiazole rings is 1. The van der Waals surface area contributed by atoms with Crippen LogP contribution in [-0.2, 0) is 0 Å². The quantitative estimate of drug-likeness (QED) is 0.729. The molecule has 0 unspecified atom stereocenters. The van der Waals surface area contributed by atoms with Crippen molar-refractivity contribution in [3.63, 3.8) is 0 Å². The second-order valence-corrected chi connectivity index (χ2v) is 4.24. The molecule has 0 aromatic carbocycles. The zero-order valence-corrected chi connectivity index (χ0v) is 9.80. The van der Waals surface area contributed by atoms with Gasteiger partial charge in [-0.25, -0.2) is 4.98 Å². The van der Waals surface area contributed by atoms with Gasteiger partial charge in [-0.3, -0.25) is 4.79 Å². The fraction of sp³-hybridized carbons (Fsp3) is 0.455. The Morgan fingerprint density at radius 2 is 2.47 bits per heavy atom. The Bertz CT molecular complexity index is 378. The van der Waals surface area contributed by atoms with E-state index in [4.69, 9.17) is 6.42 Å². The molecule has 0 atom stereocenters. The third-order valence-electron chi connectivity index (χ3n) is 1.90. The van der Waals surface area contributed by atoms with Crippen LogP contribution in [0.15, 0.2) is 5.38 Å². The molecule has 0 aliphatic carbocycles. The number of aryl methyl sites for hydroxylation is 1. The van der Waals surface area contributed by atoms with Crippen molar-refractivity contribution in [1.29, 1.82) is 0 Å². The number of rotatable bonds is 4. The monoisotopic (exact) mass is 222 g/mol. The van der Waals surface area contributed by atoms with Gasteiger partial charge in [-0.05, 0) is 13.3 Å². The fourth-order valence-corrected chi connectivity index (χ4v) is 1.84. The summed E-state index contributed by atoms with van der Waals surface area (Å²) in [6, 6.07) is 0. The predicted molar refractivity (Wildman–Crippen MR) is 61.9 cm³/mol. The first-order chi connectivity index (χ1) is 7.19.